The molecule has 1 heterocycles. The van der Waals surface area contributed by atoms with Crippen molar-refractivity contribution in [1.82, 2.24) is 0 Å². The van der Waals surface area contributed by atoms with Crippen LogP contribution in [0.3, 0.4) is 0 Å². The van der Waals surface area contributed by atoms with Crippen LogP contribution < -0.4 is 9.47 Å². The summed E-state index contributed by atoms with van der Waals surface area (Å²) in [7, 11) is 1.54. The van der Waals surface area contributed by atoms with Gasteiger partial charge in [-0.1, -0.05) is 12.1 Å². The topological polar surface area (TPSA) is 84.5 Å². The molecule has 0 spiro atoms. The van der Waals surface area contributed by atoms with Gasteiger partial charge in [-0.05, 0) is 18.6 Å². The highest BCUT2D eigenvalue weighted by atomic mass is 16.7. The largest absolute Gasteiger partial charge is 0.493 e. The van der Waals surface area contributed by atoms with Gasteiger partial charge in [0.25, 0.3) is 0 Å². The summed E-state index contributed by atoms with van der Waals surface area (Å²) in [6.45, 7) is 1.77. The highest BCUT2D eigenvalue weighted by molar-refractivity contribution is 5.68. The Hall–Kier alpha value is -2.54. The van der Waals surface area contributed by atoms with Crippen LogP contribution >= 0.6 is 0 Å². The van der Waals surface area contributed by atoms with E-state index in [0.29, 0.717) is 43.3 Å². The maximum absolute atomic E-state index is 8.91. The van der Waals surface area contributed by atoms with Crippen molar-refractivity contribution in [2.45, 2.75) is 19.1 Å². The number of rotatable bonds is 6. The van der Waals surface area contributed by atoms with E-state index in [1.54, 1.807) is 25.3 Å². The van der Waals surface area contributed by atoms with Gasteiger partial charge in [0.1, 0.15) is 17.7 Å². The molecular weight excluding hydrogens is 296 g/mol. The van der Waals surface area contributed by atoms with Crippen LogP contribution in [0.2, 0.25) is 0 Å². The van der Waals surface area contributed by atoms with Crippen LogP contribution in [0.1, 0.15) is 18.4 Å². The molecule has 1 aromatic carbocycles. The Labute approximate surface area is 135 Å². The maximum atomic E-state index is 8.91. The Morgan fingerprint density at radius 2 is 2.04 bits per heavy atom. The van der Waals surface area contributed by atoms with E-state index in [2.05, 4.69) is 0 Å². The highest BCUT2D eigenvalue weighted by Gasteiger charge is 2.16. The van der Waals surface area contributed by atoms with Crippen molar-refractivity contribution in [1.29, 1.82) is 10.5 Å². The second-order valence-electron chi connectivity index (χ2n) is 4.82. The number of benzene rings is 1. The molecule has 0 atom stereocenters. The minimum Gasteiger partial charge on any atom is -0.493 e. The molecule has 1 aromatic rings. The molecule has 0 radical (unpaired) electrons. The summed E-state index contributed by atoms with van der Waals surface area (Å²) in [4.78, 5) is 0. The number of hydrogen-bond acceptors (Lipinski definition) is 6. The van der Waals surface area contributed by atoms with E-state index in [-0.39, 0.29) is 11.9 Å². The molecule has 1 saturated heterocycles. The fourth-order valence-electron chi connectivity index (χ4n) is 2.17. The summed E-state index contributed by atoms with van der Waals surface area (Å²) in [5.74, 6) is 1.04. The molecule has 0 saturated carbocycles. The lowest BCUT2D eigenvalue weighted by molar-refractivity contribution is -0.183. The van der Waals surface area contributed by atoms with Gasteiger partial charge >= 0.3 is 0 Å². The minimum absolute atomic E-state index is 0.00190. The first-order valence-corrected chi connectivity index (χ1v) is 7.33. The third-order valence-electron chi connectivity index (χ3n) is 3.27. The molecule has 0 aliphatic carbocycles. The van der Waals surface area contributed by atoms with Crippen LogP contribution in [0.5, 0.6) is 11.5 Å². The number of ether oxygens (including phenoxy) is 4. The number of nitriles is 2. The van der Waals surface area contributed by atoms with E-state index in [1.165, 1.54) is 6.08 Å². The number of allylic oxidation sites excluding steroid dienone is 1. The van der Waals surface area contributed by atoms with Gasteiger partial charge in [-0.15, -0.1) is 0 Å². The summed E-state index contributed by atoms with van der Waals surface area (Å²) in [5, 5.41) is 17.8. The van der Waals surface area contributed by atoms with Gasteiger partial charge in [-0.2, -0.15) is 10.5 Å². The lowest BCUT2D eigenvalue weighted by Gasteiger charge is -2.23. The van der Waals surface area contributed by atoms with Crippen LogP contribution in [-0.4, -0.2) is 33.2 Å². The minimum atomic E-state index is -0.258. The zero-order chi connectivity index (χ0) is 16.5. The van der Waals surface area contributed by atoms with Crippen LogP contribution in [-0.2, 0) is 9.47 Å². The van der Waals surface area contributed by atoms with Crippen LogP contribution in [0.4, 0.5) is 0 Å². The van der Waals surface area contributed by atoms with Gasteiger partial charge in [0.2, 0.25) is 0 Å². The summed E-state index contributed by atoms with van der Waals surface area (Å²) in [6.07, 6.45) is 2.71. The Morgan fingerprint density at radius 1 is 1.30 bits per heavy atom. The van der Waals surface area contributed by atoms with Crippen molar-refractivity contribution in [3.05, 3.63) is 29.3 Å². The van der Waals surface area contributed by atoms with Crippen LogP contribution in [0, 0.1) is 22.7 Å². The van der Waals surface area contributed by atoms with E-state index < -0.39 is 0 Å². The van der Waals surface area contributed by atoms with Gasteiger partial charge in [0.05, 0.1) is 26.9 Å². The van der Waals surface area contributed by atoms with Crippen molar-refractivity contribution in [2.24, 2.45) is 0 Å². The van der Waals surface area contributed by atoms with E-state index in [4.69, 9.17) is 29.5 Å². The Bertz CT molecular complexity index is 621. The molecule has 0 N–H and O–H groups in total. The first-order valence-electron chi connectivity index (χ1n) is 7.33. The fraction of sp³-hybridized carbons (Fsp3) is 0.412. The molecule has 1 fully saturated rings. The summed E-state index contributed by atoms with van der Waals surface area (Å²) < 4.78 is 22.0. The Morgan fingerprint density at radius 3 is 2.70 bits per heavy atom. The predicted octanol–water partition coefficient (Wildman–Crippen LogP) is 2.66. The molecule has 23 heavy (non-hydrogen) atoms. The second-order valence-corrected chi connectivity index (χ2v) is 4.82. The molecule has 0 unspecified atom stereocenters. The average molecular weight is 314 g/mol. The number of para-hydroxylation sites is 1. The van der Waals surface area contributed by atoms with Crippen molar-refractivity contribution in [3.63, 3.8) is 0 Å². The molecule has 2 rings (SSSR count). The smallest absolute Gasteiger partial charge is 0.168 e. The molecule has 6 nitrogen and oxygen atoms in total. The molecule has 0 bridgehead atoms. The summed E-state index contributed by atoms with van der Waals surface area (Å²) in [5.41, 5.74) is 0.620. The Kier molecular flexibility index (Phi) is 6.43. The van der Waals surface area contributed by atoms with Crippen molar-refractivity contribution in [3.8, 4) is 23.6 Å². The summed E-state index contributed by atoms with van der Waals surface area (Å²) in [6, 6.07) is 8.97. The van der Waals surface area contributed by atoms with Gasteiger partial charge in [-0.25, -0.2) is 0 Å². The van der Waals surface area contributed by atoms with E-state index in [1.807, 2.05) is 12.1 Å². The zero-order valence-corrected chi connectivity index (χ0v) is 12.9. The van der Waals surface area contributed by atoms with Crippen molar-refractivity contribution < 1.29 is 18.9 Å². The molecule has 1 aliphatic rings. The molecule has 0 amide bonds. The van der Waals surface area contributed by atoms with Gasteiger partial charge in [0.15, 0.2) is 17.8 Å². The second kappa shape index (κ2) is 8.79. The third-order valence-corrected chi connectivity index (χ3v) is 3.27. The van der Waals surface area contributed by atoms with E-state index >= 15 is 0 Å². The number of hydrogen-bond donors (Lipinski definition) is 0. The molecule has 120 valence electrons. The van der Waals surface area contributed by atoms with Crippen LogP contribution in [0.15, 0.2) is 23.8 Å². The molecule has 6 heteroatoms. The third kappa shape index (κ3) is 4.72. The normalized spacial score (nSPS) is 14.4. The van der Waals surface area contributed by atoms with Crippen molar-refractivity contribution >= 4 is 6.08 Å². The van der Waals surface area contributed by atoms with Gasteiger partial charge < -0.3 is 18.9 Å². The van der Waals surface area contributed by atoms with E-state index in [0.717, 1.165) is 6.42 Å². The van der Waals surface area contributed by atoms with Crippen LogP contribution in [0.25, 0.3) is 6.08 Å². The molecular formula is C17H18N2O4. The fourth-order valence-corrected chi connectivity index (χ4v) is 2.17. The van der Waals surface area contributed by atoms with Crippen molar-refractivity contribution in [2.75, 3.05) is 26.9 Å². The first kappa shape index (κ1) is 16.8. The number of methoxy groups -OCH3 is 1. The lowest BCUT2D eigenvalue weighted by Crippen LogP contribution is -2.26. The van der Waals surface area contributed by atoms with Gasteiger partial charge in [0, 0.05) is 12.0 Å². The number of nitrogens with zero attached hydrogens (tertiary/aromatic N) is 2. The SMILES string of the molecule is COc1cccc(C=C(C#N)C#N)c1OCCC1OCCCO1. The average Bonchev–Trinajstić information content (AvgIpc) is 2.61. The molecule has 1 aliphatic heterocycles. The van der Waals surface area contributed by atoms with Gasteiger partial charge in [-0.3, -0.25) is 0 Å². The quantitative estimate of drug-likeness (QED) is 0.750. The lowest BCUT2D eigenvalue weighted by atomic mass is 10.1. The predicted molar refractivity (Wildman–Crippen MR) is 82.6 cm³/mol. The maximum Gasteiger partial charge on any atom is 0.168 e. The summed E-state index contributed by atoms with van der Waals surface area (Å²) >= 11 is 0. The standard InChI is InChI=1S/C17H18N2O4/c1-20-15-5-2-4-14(10-13(11-18)12-19)17(15)23-9-6-16-21-7-3-8-22-16/h2,4-5,10,16H,3,6-9H2,1H3. The first-order chi connectivity index (χ1) is 11.3. The Balaban J connectivity index is 2.10. The molecule has 0 aromatic heterocycles. The monoisotopic (exact) mass is 314 g/mol. The highest BCUT2D eigenvalue weighted by Crippen LogP contribution is 2.32. The van der Waals surface area contributed by atoms with E-state index in [9.17, 15) is 0 Å². The zero-order valence-electron chi connectivity index (χ0n) is 12.9.